The number of anilines is 1. The van der Waals surface area contributed by atoms with E-state index in [-0.39, 0.29) is 11.5 Å². The van der Waals surface area contributed by atoms with Gasteiger partial charge in [0.15, 0.2) is 5.76 Å². The Labute approximate surface area is 145 Å². The van der Waals surface area contributed by atoms with E-state index in [4.69, 9.17) is 4.42 Å². The Hall–Kier alpha value is -3.15. The van der Waals surface area contributed by atoms with Gasteiger partial charge in [-0.05, 0) is 36.8 Å². The van der Waals surface area contributed by atoms with Crippen molar-refractivity contribution in [3.05, 3.63) is 71.2 Å². The zero-order valence-corrected chi connectivity index (χ0v) is 14.0. The molecular formula is C19H19N3O3. The molecule has 0 N–H and O–H groups in total. The van der Waals surface area contributed by atoms with Crippen molar-refractivity contribution in [1.29, 1.82) is 0 Å². The van der Waals surface area contributed by atoms with Crippen molar-refractivity contribution in [2.75, 3.05) is 11.9 Å². The molecule has 0 atom stereocenters. The minimum Gasteiger partial charge on any atom is -0.463 e. The van der Waals surface area contributed by atoms with Crippen LogP contribution in [-0.2, 0) is 11.3 Å². The fourth-order valence-corrected chi connectivity index (χ4v) is 2.51. The van der Waals surface area contributed by atoms with Gasteiger partial charge in [-0.1, -0.05) is 18.2 Å². The minimum atomic E-state index is -0.195. The van der Waals surface area contributed by atoms with Gasteiger partial charge in [0.1, 0.15) is 5.69 Å². The number of aromatic nitrogens is 2. The van der Waals surface area contributed by atoms with Gasteiger partial charge in [0, 0.05) is 31.8 Å². The first-order chi connectivity index (χ1) is 12.1. The number of furan rings is 1. The number of para-hydroxylation sites is 1. The highest BCUT2D eigenvalue weighted by molar-refractivity contribution is 5.92. The summed E-state index contributed by atoms with van der Waals surface area (Å²) in [6, 6.07) is 16.1. The Bertz CT molecular complexity index is 886. The number of carbonyl (C=O) groups excluding carboxylic acids is 1. The third kappa shape index (κ3) is 4.03. The molecule has 0 saturated heterocycles. The van der Waals surface area contributed by atoms with E-state index in [0.29, 0.717) is 30.8 Å². The second-order valence-electron chi connectivity index (χ2n) is 5.65. The maximum atomic E-state index is 12.3. The van der Waals surface area contributed by atoms with Gasteiger partial charge in [-0.15, -0.1) is 0 Å². The van der Waals surface area contributed by atoms with E-state index in [1.165, 1.54) is 10.7 Å². The van der Waals surface area contributed by atoms with Crippen LogP contribution in [0.4, 0.5) is 5.69 Å². The molecule has 1 amide bonds. The maximum Gasteiger partial charge on any atom is 0.266 e. The van der Waals surface area contributed by atoms with E-state index in [9.17, 15) is 9.59 Å². The topological polar surface area (TPSA) is 68.3 Å². The summed E-state index contributed by atoms with van der Waals surface area (Å²) in [6.45, 7) is 0.377. The summed E-state index contributed by atoms with van der Waals surface area (Å²) in [5.74, 6) is 0.607. The molecular weight excluding hydrogens is 318 g/mol. The van der Waals surface area contributed by atoms with Gasteiger partial charge in [0.05, 0.1) is 6.26 Å². The third-order valence-corrected chi connectivity index (χ3v) is 3.92. The van der Waals surface area contributed by atoms with Crippen LogP contribution >= 0.6 is 0 Å². The summed E-state index contributed by atoms with van der Waals surface area (Å²) >= 11 is 0. The number of hydrogen-bond donors (Lipinski definition) is 0. The first kappa shape index (κ1) is 16.7. The molecule has 0 bridgehead atoms. The first-order valence-electron chi connectivity index (χ1n) is 8.09. The predicted molar refractivity (Wildman–Crippen MR) is 95.3 cm³/mol. The highest BCUT2D eigenvalue weighted by atomic mass is 16.3. The van der Waals surface area contributed by atoms with Crippen LogP contribution in [0.5, 0.6) is 0 Å². The van der Waals surface area contributed by atoms with Crippen LogP contribution in [0.2, 0.25) is 0 Å². The highest BCUT2D eigenvalue weighted by Gasteiger charge is 2.11. The molecule has 1 aromatic carbocycles. The lowest BCUT2D eigenvalue weighted by atomic mass is 10.2. The van der Waals surface area contributed by atoms with Crippen LogP contribution in [0, 0.1) is 0 Å². The summed E-state index contributed by atoms with van der Waals surface area (Å²) in [6.07, 6.45) is 2.43. The van der Waals surface area contributed by atoms with E-state index in [1.54, 1.807) is 36.4 Å². The Morgan fingerprint density at radius 2 is 1.92 bits per heavy atom. The van der Waals surface area contributed by atoms with Crippen molar-refractivity contribution < 1.29 is 9.21 Å². The number of carbonyl (C=O) groups is 1. The second-order valence-corrected chi connectivity index (χ2v) is 5.65. The molecule has 2 aromatic heterocycles. The van der Waals surface area contributed by atoms with E-state index < -0.39 is 0 Å². The normalized spacial score (nSPS) is 10.6. The zero-order chi connectivity index (χ0) is 17.6. The smallest absolute Gasteiger partial charge is 0.266 e. The molecule has 0 radical (unpaired) electrons. The lowest BCUT2D eigenvalue weighted by Crippen LogP contribution is -2.27. The average molecular weight is 337 g/mol. The van der Waals surface area contributed by atoms with Gasteiger partial charge in [-0.25, -0.2) is 4.68 Å². The van der Waals surface area contributed by atoms with Crippen LogP contribution < -0.4 is 10.5 Å². The SMILES string of the molecule is CN(C(=O)CCCn1nc(-c2ccco2)ccc1=O)c1ccccc1. The van der Waals surface area contributed by atoms with Crippen molar-refractivity contribution >= 4 is 11.6 Å². The van der Waals surface area contributed by atoms with E-state index >= 15 is 0 Å². The van der Waals surface area contributed by atoms with Crippen molar-refractivity contribution in [3.8, 4) is 11.5 Å². The molecule has 0 saturated carbocycles. The van der Waals surface area contributed by atoms with E-state index in [0.717, 1.165) is 5.69 Å². The Morgan fingerprint density at radius 3 is 2.64 bits per heavy atom. The Kier molecular flexibility index (Phi) is 5.09. The fourth-order valence-electron chi connectivity index (χ4n) is 2.51. The molecule has 0 aliphatic carbocycles. The Morgan fingerprint density at radius 1 is 1.12 bits per heavy atom. The number of amides is 1. The minimum absolute atomic E-state index is 0.00133. The number of benzene rings is 1. The summed E-state index contributed by atoms with van der Waals surface area (Å²) in [5, 5.41) is 4.30. The third-order valence-electron chi connectivity index (χ3n) is 3.92. The summed E-state index contributed by atoms with van der Waals surface area (Å²) in [4.78, 5) is 25.8. The second kappa shape index (κ2) is 7.61. The van der Waals surface area contributed by atoms with Gasteiger partial charge >= 0.3 is 0 Å². The summed E-state index contributed by atoms with van der Waals surface area (Å²) in [7, 11) is 1.75. The van der Waals surface area contributed by atoms with Crippen LogP contribution in [0.25, 0.3) is 11.5 Å². The van der Waals surface area contributed by atoms with Crippen molar-refractivity contribution in [1.82, 2.24) is 9.78 Å². The van der Waals surface area contributed by atoms with E-state index in [2.05, 4.69) is 5.10 Å². The van der Waals surface area contributed by atoms with Gasteiger partial charge in [-0.3, -0.25) is 9.59 Å². The summed E-state index contributed by atoms with van der Waals surface area (Å²) in [5.41, 5.74) is 1.25. The van der Waals surface area contributed by atoms with Crippen LogP contribution in [-0.4, -0.2) is 22.7 Å². The largest absolute Gasteiger partial charge is 0.463 e. The van der Waals surface area contributed by atoms with Gasteiger partial charge in [0.2, 0.25) is 5.91 Å². The van der Waals surface area contributed by atoms with Gasteiger partial charge in [-0.2, -0.15) is 5.10 Å². The molecule has 0 aliphatic rings. The standard InChI is InChI=1S/C19H19N3O3/c1-21(15-7-3-2-4-8-15)18(23)10-5-13-22-19(24)12-11-16(20-22)17-9-6-14-25-17/h2-4,6-9,11-12,14H,5,10,13H2,1H3. The lowest BCUT2D eigenvalue weighted by molar-refractivity contribution is -0.118. The molecule has 0 spiro atoms. The molecule has 6 nitrogen and oxygen atoms in total. The van der Waals surface area contributed by atoms with Crippen LogP contribution in [0.1, 0.15) is 12.8 Å². The van der Waals surface area contributed by atoms with Crippen molar-refractivity contribution in [3.63, 3.8) is 0 Å². The Balaban J connectivity index is 1.61. The van der Waals surface area contributed by atoms with Crippen LogP contribution in [0.15, 0.2) is 70.1 Å². The first-order valence-corrected chi connectivity index (χ1v) is 8.09. The molecule has 3 aromatic rings. The quantitative estimate of drug-likeness (QED) is 0.693. The van der Waals surface area contributed by atoms with Gasteiger partial charge in [0.25, 0.3) is 5.56 Å². The average Bonchev–Trinajstić information content (AvgIpc) is 3.18. The molecule has 25 heavy (non-hydrogen) atoms. The lowest BCUT2D eigenvalue weighted by Gasteiger charge is -2.17. The van der Waals surface area contributed by atoms with Crippen molar-refractivity contribution in [2.45, 2.75) is 19.4 Å². The van der Waals surface area contributed by atoms with Crippen LogP contribution in [0.3, 0.4) is 0 Å². The molecule has 3 rings (SSSR count). The molecule has 128 valence electrons. The number of hydrogen-bond acceptors (Lipinski definition) is 4. The highest BCUT2D eigenvalue weighted by Crippen LogP contribution is 2.15. The molecule has 2 heterocycles. The summed E-state index contributed by atoms with van der Waals surface area (Å²) < 4.78 is 6.67. The molecule has 0 unspecified atom stereocenters. The number of nitrogens with zero attached hydrogens (tertiary/aromatic N) is 3. The fraction of sp³-hybridized carbons (Fsp3) is 0.211. The molecule has 6 heteroatoms. The van der Waals surface area contributed by atoms with Gasteiger partial charge < -0.3 is 9.32 Å². The van der Waals surface area contributed by atoms with E-state index in [1.807, 2.05) is 30.3 Å². The number of aryl methyl sites for hydroxylation is 1. The zero-order valence-electron chi connectivity index (χ0n) is 14.0. The van der Waals surface area contributed by atoms with Crippen molar-refractivity contribution in [2.24, 2.45) is 0 Å². The molecule has 0 aliphatic heterocycles. The maximum absolute atomic E-state index is 12.3. The number of rotatable bonds is 6. The molecule has 0 fully saturated rings. The monoisotopic (exact) mass is 337 g/mol. The predicted octanol–water partition coefficient (Wildman–Crippen LogP) is 2.95.